The molecule has 1 aromatic heterocycles. The standard InChI is InChI=1S/C18H22FNO3/c1-13-4-5-15(19)9-14(13)11-20-6-8-22-12-16(20)10-17(21)18-3-2-7-23-18/h2-5,7,9,16-17,21H,6,8,10-12H2,1H3/t16-,17+/m1/s1. The Morgan fingerprint density at radius 3 is 3.04 bits per heavy atom. The van der Waals surface area contributed by atoms with Crippen molar-refractivity contribution in [2.24, 2.45) is 0 Å². The Bertz CT molecular complexity index is 629. The Morgan fingerprint density at radius 2 is 2.26 bits per heavy atom. The summed E-state index contributed by atoms with van der Waals surface area (Å²) >= 11 is 0. The van der Waals surface area contributed by atoms with E-state index in [2.05, 4.69) is 4.90 Å². The minimum absolute atomic E-state index is 0.0755. The third kappa shape index (κ3) is 3.99. The van der Waals surface area contributed by atoms with E-state index in [0.717, 1.165) is 17.7 Å². The van der Waals surface area contributed by atoms with Gasteiger partial charge in [0.1, 0.15) is 17.7 Å². The molecule has 0 radical (unpaired) electrons. The van der Waals surface area contributed by atoms with Crippen molar-refractivity contribution in [3.05, 3.63) is 59.3 Å². The third-order valence-corrected chi connectivity index (χ3v) is 4.40. The number of nitrogens with zero attached hydrogens (tertiary/aromatic N) is 1. The topological polar surface area (TPSA) is 45.8 Å². The summed E-state index contributed by atoms with van der Waals surface area (Å²) in [6.45, 7) is 4.63. The predicted octanol–water partition coefficient (Wildman–Crippen LogP) is 3.05. The molecule has 0 saturated carbocycles. The Hall–Kier alpha value is -1.69. The van der Waals surface area contributed by atoms with E-state index in [9.17, 15) is 9.50 Å². The van der Waals surface area contributed by atoms with E-state index < -0.39 is 6.10 Å². The molecule has 0 aliphatic carbocycles. The average molecular weight is 319 g/mol. The zero-order valence-electron chi connectivity index (χ0n) is 13.2. The van der Waals surface area contributed by atoms with Gasteiger partial charge in [0.2, 0.25) is 0 Å². The van der Waals surface area contributed by atoms with Crippen LogP contribution in [0.3, 0.4) is 0 Å². The molecular formula is C18H22FNO3. The zero-order valence-corrected chi connectivity index (χ0v) is 13.2. The van der Waals surface area contributed by atoms with Gasteiger partial charge < -0.3 is 14.3 Å². The van der Waals surface area contributed by atoms with E-state index in [0.29, 0.717) is 31.9 Å². The molecule has 1 N–H and O–H groups in total. The molecule has 3 rings (SSSR count). The van der Waals surface area contributed by atoms with E-state index in [1.165, 1.54) is 6.07 Å². The number of morpholine rings is 1. The lowest BCUT2D eigenvalue weighted by Gasteiger charge is -2.36. The maximum Gasteiger partial charge on any atom is 0.132 e. The number of hydrogen-bond acceptors (Lipinski definition) is 4. The molecule has 1 aromatic carbocycles. The number of rotatable bonds is 5. The van der Waals surface area contributed by atoms with E-state index in [4.69, 9.17) is 9.15 Å². The van der Waals surface area contributed by atoms with Crippen molar-refractivity contribution in [2.45, 2.75) is 32.0 Å². The fourth-order valence-corrected chi connectivity index (χ4v) is 3.00. The molecule has 1 fully saturated rings. The Kier molecular flexibility index (Phi) is 5.10. The highest BCUT2D eigenvalue weighted by Gasteiger charge is 2.27. The van der Waals surface area contributed by atoms with Crippen molar-refractivity contribution in [1.29, 1.82) is 0 Å². The summed E-state index contributed by atoms with van der Waals surface area (Å²) in [7, 11) is 0. The number of furan rings is 1. The van der Waals surface area contributed by atoms with Crippen LogP contribution in [0.15, 0.2) is 41.0 Å². The van der Waals surface area contributed by atoms with Gasteiger partial charge in [-0.1, -0.05) is 6.07 Å². The molecule has 2 atom stereocenters. The number of halogens is 1. The monoisotopic (exact) mass is 319 g/mol. The van der Waals surface area contributed by atoms with E-state index in [1.807, 2.05) is 6.92 Å². The molecule has 1 aliphatic rings. The number of aliphatic hydroxyl groups is 1. The van der Waals surface area contributed by atoms with Gasteiger partial charge in [-0.15, -0.1) is 0 Å². The second kappa shape index (κ2) is 7.25. The highest BCUT2D eigenvalue weighted by Crippen LogP contribution is 2.25. The van der Waals surface area contributed by atoms with E-state index in [-0.39, 0.29) is 11.9 Å². The predicted molar refractivity (Wildman–Crippen MR) is 84.4 cm³/mol. The highest BCUT2D eigenvalue weighted by atomic mass is 19.1. The lowest BCUT2D eigenvalue weighted by molar-refractivity contribution is -0.0324. The van der Waals surface area contributed by atoms with E-state index >= 15 is 0 Å². The van der Waals surface area contributed by atoms with Gasteiger partial charge in [-0.25, -0.2) is 4.39 Å². The van der Waals surface area contributed by atoms with Crippen molar-refractivity contribution in [3.8, 4) is 0 Å². The number of ether oxygens (including phenoxy) is 1. The lowest BCUT2D eigenvalue weighted by Crippen LogP contribution is -2.45. The van der Waals surface area contributed by atoms with Crippen LogP contribution in [0.1, 0.15) is 29.4 Å². The highest BCUT2D eigenvalue weighted by molar-refractivity contribution is 5.26. The van der Waals surface area contributed by atoms with Gasteiger partial charge in [-0.3, -0.25) is 4.90 Å². The summed E-state index contributed by atoms with van der Waals surface area (Å²) in [6, 6.07) is 8.49. The van der Waals surface area contributed by atoms with Gasteiger partial charge >= 0.3 is 0 Å². The van der Waals surface area contributed by atoms with Gasteiger partial charge in [-0.2, -0.15) is 0 Å². The van der Waals surface area contributed by atoms with Gasteiger partial charge in [-0.05, 0) is 48.7 Å². The summed E-state index contributed by atoms with van der Waals surface area (Å²) in [5.41, 5.74) is 2.05. The zero-order chi connectivity index (χ0) is 16.2. The summed E-state index contributed by atoms with van der Waals surface area (Å²) in [5.74, 6) is 0.350. The molecule has 5 heteroatoms. The first-order valence-corrected chi connectivity index (χ1v) is 7.92. The molecule has 1 aliphatic heterocycles. The van der Waals surface area contributed by atoms with Gasteiger partial charge in [0.15, 0.2) is 0 Å². The van der Waals surface area contributed by atoms with Crippen LogP contribution in [0.5, 0.6) is 0 Å². The molecule has 2 heterocycles. The molecule has 0 unspecified atom stereocenters. The Morgan fingerprint density at radius 1 is 1.39 bits per heavy atom. The third-order valence-electron chi connectivity index (χ3n) is 4.40. The SMILES string of the molecule is Cc1ccc(F)cc1CN1CCOC[C@H]1C[C@H](O)c1ccco1. The normalized spacial score (nSPS) is 20.6. The van der Waals surface area contributed by atoms with Crippen molar-refractivity contribution >= 4 is 0 Å². The number of hydrogen-bond donors (Lipinski definition) is 1. The summed E-state index contributed by atoms with van der Waals surface area (Å²) < 4.78 is 24.3. The van der Waals surface area contributed by atoms with Gasteiger partial charge in [0.05, 0.1) is 19.5 Å². The fraction of sp³-hybridized carbons (Fsp3) is 0.444. The second-order valence-corrected chi connectivity index (χ2v) is 6.04. The number of aliphatic hydroxyl groups excluding tert-OH is 1. The first kappa shape index (κ1) is 16.2. The van der Waals surface area contributed by atoms with Crippen molar-refractivity contribution in [3.63, 3.8) is 0 Å². The molecule has 0 amide bonds. The first-order valence-electron chi connectivity index (χ1n) is 7.92. The van der Waals surface area contributed by atoms with Crippen LogP contribution in [-0.2, 0) is 11.3 Å². The summed E-state index contributed by atoms with van der Waals surface area (Å²) in [4.78, 5) is 2.25. The molecule has 4 nitrogen and oxygen atoms in total. The molecule has 124 valence electrons. The van der Waals surface area contributed by atoms with Crippen LogP contribution >= 0.6 is 0 Å². The van der Waals surface area contributed by atoms with Crippen LogP contribution in [-0.4, -0.2) is 35.8 Å². The van der Waals surface area contributed by atoms with Crippen molar-refractivity contribution < 1.29 is 18.7 Å². The minimum Gasteiger partial charge on any atom is -0.467 e. The molecular weight excluding hydrogens is 297 g/mol. The van der Waals surface area contributed by atoms with E-state index in [1.54, 1.807) is 30.5 Å². The molecule has 2 aromatic rings. The lowest BCUT2D eigenvalue weighted by atomic mass is 10.0. The summed E-state index contributed by atoms with van der Waals surface area (Å²) in [6.07, 6.45) is 1.43. The molecule has 23 heavy (non-hydrogen) atoms. The average Bonchev–Trinajstić information content (AvgIpc) is 3.07. The quantitative estimate of drug-likeness (QED) is 0.920. The molecule has 0 bridgehead atoms. The Labute approximate surface area is 135 Å². The first-order chi connectivity index (χ1) is 11.1. The van der Waals surface area contributed by atoms with Gasteiger partial charge in [0, 0.05) is 19.1 Å². The Balaban J connectivity index is 1.70. The van der Waals surface area contributed by atoms with Crippen molar-refractivity contribution in [1.82, 2.24) is 4.90 Å². The van der Waals surface area contributed by atoms with Crippen LogP contribution in [0, 0.1) is 12.7 Å². The molecule has 1 saturated heterocycles. The number of aryl methyl sites for hydroxylation is 1. The van der Waals surface area contributed by atoms with Crippen molar-refractivity contribution in [2.75, 3.05) is 19.8 Å². The van der Waals surface area contributed by atoms with Crippen LogP contribution in [0.4, 0.5) is 4.39 Å². The smallest absolute Gasteiger partial charge is 0.132 e. The number of benzene rings is 1. The van der Waals surface area contributed by atoms with Crippen LogP contribution in [0.25, 0.3) is 0 Å². The fourth-order valence-electron chi connectivity index (χ4n) is 3.00. The summed E-state index contributed by atoms with van der Waals surface area (Å²) in [5, 5.41) is 10.3. The van der Waals surface area contributed by atoms with Crippen LogP contribution < -0.4 is 0 Å². The second-order valence-electron chi connectivity index (χ2n) is 6.04. The van der Waals surface area contributed by atoms with Gasteiger partial charge in [0.25, 0.3) is 0 Å². The largest absolute Gasteiger partial charge is 0.467 e. The molecule has 0 spiro atoms. The maximum atomic E-state index is 13.5. The maximum absolute atomic E-state index is 13.5. The minimum atomic E-state index is -0.659. The van der Waals surface area contributed by atoms with Crippen LogP contribution in [0.2, 0.25) is 0 Å².